The average Bonchev–Trinajstić information content (AvgIpc) is 3.31. The number of phenols is 1. The Morgan fingerprint density at radius 2 is 1.50 bits per heavy atom. The number of benzene rings is 4. The second-order valence-electron chi connectivity index (χ2n) is 8.04. The molecule has 0 saturated heterocycles. The maximum Gasteiger partial charge on any atom is 0.261 e. The molecule has 4 aromatic rings. The summed E-state index contributed by atoms with van der Waals surface area (Å²) in [6.07, 6.45) is 0.593. The highest BCUT2D eigenvalue weighted by molar-refractivity contribution is 7.92. The minimum atomic E-state index is -3.75. The van der Waals surface area contributed by atoms with Gasteiger partial charge in [-0.05, 0) is 59.7 Å². The lowest BCUT2D eigenvalue weighted by Crippen LogP contribution is -2.18. The Kier molecular flexibility index (Phi) is 5.77. The molecule has 0 aromatic heterocycles. The number of nitrogens with one attached hydrogen (secondary N) is 1. The van der Waals surface area contributed by atoms with Crippen LogP contribution in [0, 0.1) is 0 Å². The number of nitrogens with zero attached hydrogens (tertiary/aromatic N) is 2. The Balaban J connectivity index is 1.49. The normalized spacial score (nSPS) is 15.7. The van der Waals surface area contributed by atoms with E-state index in [2.05, 4.69) is 4.72 Å². The summed E-state index contributed by atoms with van der Waals surface area (Å²) in [6.45, 7) is 0. The zero-order valence-corrected chi connectivity index (χ0v) is 19.1. The lowest BCUT2D eigenvalue weighted by molar-refractivity contribution is 0.475. The molecule has 1 heterocycles. The summed E-state index contributed by atoms with van der Waals surface area (Å²) in [5, 5.41) is 16.6. The molecule has 0 saturated carbocycles. The Labute approximate surface area is 198 Å². The Morgan fingerprint density at radius 1 is 0.824 bits per heavy atom. The number of hydrogen-bond donors (Lipinski definition) is 2. The summed E-state index contributed by atoms with van der Waals surface area (Å²) < 4.78 is 28.6. The smallest absolute Gasteiger partial charge is 0.261 e. The number of aromatic hydroxyl groups is 1. The van der Waals surface area contributed by atoms with Crippen LogP contribution in [0.2, 0.25) is 0 Å². The third kappa shape index (κ3) is 4.51. The van der Waals surface area contributed by atoms with Crippen LogP contribution in [-0.4, -0.2) is 19.2 Å². The second kappa shape index (κ2) is 9.03. The first-order valence-corrected chi connectivity index (χ1v) is 12.4. The molecule has 2 N–H and O–H groups in total. The molecule has 0 bridgehead atoms. The van der Waals surface area contributed by atoms with Gasteiger partial charge >= 0.3 is 0 Å². The summed E-state index contributed by atoms with van der Waals surface area (Å²) >= 11 is 0. The van der Waals surface area contributed by atoms with Gasteiger partial charge in [0.05, 0.1) is 22.3 Å². The fourth-order valence-electron chi connectivity index (χ4n) is 4.02. The zero-order chi connectivity index (χ0) is 23.5. The predicted molar refractivity (Wildman–Crippen MR) is 135 cm³/mol. The molecule has 1 aliphatic heterocycles. The van der Waals surface area contributed by atoms with E-state index in [1.165, 1.54) is 0 Å². The van der Waals surface area contributed by atoms with Gasteiger partial charge < -0.3 is 5.11 Å². The van der Waals surface area contributed by atoms with Crippen LogP contribution < -0.4 is 9.73 Å². The monoisotopic (exact) mass is 469 g/mol. The maximum absolute atomic E-state index is 13.0. The van der Waals surface area contributed by atoms with Gasteiger partial charge in [-0.1, -0.05) is 60.7 Å². The van der Waals surface area contributed by atoms with Crippen LogP contribution in [0.5, 0.6) is 5.75 Å². The van der Waals surface area contributed by atoms with Crippen LogP contribution in [0.25, 0.3) is 0 Å². The average molecular weight is 470 g/mol. The number of phenolic OH excluding ortho intramolecular Hbond substituents is 1. The van der Waals surface area contributed by atoms with Gasteiger partial charge in [-0.2, -0.15) is 5.10 Å². The largest absolute Gasteiger partial charge is 0.508 e. The number of hydrogen-bond acceptors (Lipinski definition) is 5. The van der Waals surface area contributed by atoms with E-state index in [-0.39, 0.29) is 16.7 Å². The van der Waals surface area contributed by atoms with E-state index in [1.807, 2.05) is 59.6 Å². The van der Waals surface area contributed by atoms with Gasteiger partial charge in [-0.3, -0.25) is 9.73 Å². The van der Waals surface area contributed by atoms with E-state index < -0.39 is 10.0 Å². The van der Waals surface area contributed by atoms with E-state index in [1.54, 1.807) is 54.6 Å². The van der Waals surface area contributed by atoms with Gasteiger partial charge in [0.1, 0.15) is 5.75 Å². The molecule has 0 spiro atoms. The van der Waals surface area contributed by atoms with Crippen molar-refractivity contribution in [2.24, 2.45) is 5.10 Å². The summed E-state index contributed by atoms with van der Waals surface area (Å²) in [6, 6.07) is 32.5. The van der Waals surface area contributed by atoms with E-state index in [9.17, 15) is 13.5 Å². The lowest BCUT2D eigenvalue weighted by Gasteiger charge is -2.24. The van der Waals surface area contributed by atoms with E-state index in [4.69, 9.17) is 5.10 Å². The van der Waals surface area contributed by atoms with Gasteiger partial charge in [0, 0.05) is 12.1 Å². The minimum Gasteiger partial charge on any atom is -0.508 e. The SMILES string of the molecule is O=S(=O)(Nc1ccccc1)c1cccc(C2=NN(c3ccccc3)C(c3ccc(O)cc3)C2)c1. The fourth-order valence-corrected chi connectivity index (χ4v) is 5.13. The highest BCUT2D eigenvalue weighted by atomic mass is 32.2. The van der Waals surface area contributed by atoms with Crippen LogP contribution in [0.15, 0.2) is 119 Å². The van der Waals surface area contributed by atoms with Crippen molar-refractivity contribution < 1.29 is 13.5 Å². The first-order valence-electron chi connectivity index (χ1n) is 10.9. The number of rotatable bonds is 6. The molecule has 5 rings (SSSR count). The summed E-state index contributed by atoms with van der Waals surface area (Å²) in [4.78, 5) is 0.177. The third-order valence-corrected chi connectivity index (χ3v) is 7.09. The zero-order valence-electron chi connectivity index (χ0n) is 18.2. The molecular weight excluding hydrogens is 446 g/mol. The molecule has 34 heavy (non-hydrogen) atoms. The minimum absolute atomic E-state index is 0.0827. The number of sulfonamides is 1. The maximum atomic E-state index is 13.0. The van der Waals surface area contributed by atoms with Crippen molar-refractivity contribution >= 4 is 27.1 Å². The topological polar surface area (TPSA) is 82.0 Å². The second-order valence-corrected chi connectivity index (χ2v) is 9.72. The van der Waals surface area contributed by atoms with Crippen molar-refractivity contribution in [2.45, 2.75) is 17.4 Å². The number of para-hydroxylation sites is 2. The first kappa shape index (κ1) is 21.7. The quantitative estimate of drug-likeness (QED) is 0.388. The molecule has 1 atom stereocenters. The predicted octanol–water partition coefficient (Wildman–Crippen LogP) is 5.55. The molecule has 4 aromatic carbocycles. The molecule has 0 aliphatic carbocycles. The van der Waals surface area contributed by atoms with E-state index >= 15 is 0 Å². The molecule has 0 amide bonds. The molecule has 0 fully saturated rings. The number of hydrazone groups is 1. The summed E-state index contributed by atoms with van der Waals surface area (Å²) in [5.41, 5.74) is 3.99. The number of anilines is 2. The molecule has 170 valence electrons. The highest BCUT2D eigenvalue weighted by Gasteiger charge is 2.30. The molecule has 6 nitrogen and oxygen atoms in total. The Hall–Kier alpha value is -4.10. The van der Waals surface area contributed by atoms with E-state index in [0.717, 1.165) is 22.5 Å². The van der Waals surface area contributed by atoms with Gasteiger partial charge in [-0.25, -0.2) is 8.42 Å². The van der Waals surface area contributed by atoms with Crippen molar-refractivity contribution in [1.82, 2.24) is 0 Å². The van der Waals surface area contributed by atoms with Crippen LogP contribution in [0.1, 0.15) is 23.6 Å². The van der Waals surface area contributed by atoms with E-state index in [0.29, 0.717) is 12.1 Å². The van der Waals surface area contributed by atoms with Gasteiger partial charge in [0.2, 0.25) is 0 Å². The lowest BCUT2D eigenvalue weighted by atomic mass is 9.98. The van der Waals surface area contributed by atoms with Crippen molar-refractivity contribution in [3.8, 4) is 5.75 Å². The van der Waals surface area contributed by atoms with Crippen LogP contribution in [0.3, 0.4) is 0 Å². The fraction of sp³-hybridized carbons (Fsp3) is 0.0741. The molecule has 7 heteroatoms. The van der Waals surface area contributed by atoms with Crippen LogP contribution in [0.4, 0.5) is 11.4 Å². The molecule has 0 radical (unpaired) electrons. The van der Waals surface area contributed by atoms with Crippen LogP contribution >= 0.6 is 0 Å². The van der Waals surface area contributed by atoms with Crippen molar-refractivity contribution in [1.29, 1.82) is 0 Å². The summed E-state index contributed by atoms with van der Waals surface area (Å²) in [5.74, 6) is 0.206. The van der Waals surface area contributed by atoms with Gasteiger partial charge in [-0.15, -0.1) is 0 Å². The molecule has 1 unspecified atom stereocenters. The Morgan fingerprint density at radius 3 is 2.21 bits per heavy atom. The van der Waals surface area contributed by atoms with Crippen molar-refractivity contribution in [3.63, 3.8) is 0 Å². The van der Waals surface area contributed by atoms with Crippen LogP contribution in [-0.2, 0) is 10.0 Å². The van der Waals surface area contributed by atoms with Crippen molar-refractivity contribution in [3.05, 3.63) is 120 Å². The van der Waals surface area contributed by atoms with Gasteiger partial charge in [0.15, 0.2) is 0 Å². The Bertz CT molecular complexity index is 1420. The highest BCUT2D eigenvalue weighted by Crippen LogP contribution is 2.37. The third-order valence-electron chi connectivity index (χ3n) is 5.71. The first-order chi connectivity index (χ1) is 16.5. The van der Waals surface area contributed by atoms with Crippen molar-refractivity contribution in [2.75, 3.05) is 9.73 Å². The molecular formula is C27H23N3O3S. The standard InChI is InChI=1S/C27H23N3O3S/c31-24-16-14-20(15-17-24)27-19-26(28-30(27)23-11-5-2-6-12-23)21-8-7-13-25(18-21)34(32,33)29-22-9-3-1-4-10-22/h1-18,27,29,31H,19H2. The summed E-state index contributed by atoms with van der Waals surface area (Å²) in [7, 11) is -3.75. The molecule has 1 aliphatic rings. The van der Waals surface area contributed by atoms with Gasteiger partial charge in [0.25, 0.3) is 10.0 Å².